The molecule has 2 N–H and O–H groups in total. The quantitative estimate of drug-likeness (QED) is 0.806. The molecule has 108 valence electrons. The zero-order valence-electron chi connectivity index (χ0n) is 10.5. The lowest BCUT2D eigenvalue weighted by Gasteiger charge is -2.07. The van der Waals surface area contributed by atoms with Gasteiger partial charge >= 0.3 is 6.61 Å². The van der Waals surface area contributed by atoms with Crippen LogP contribution in [0, 0.1) is 0 Å². The summed E-state index contributed by atoms with van der Waals surface area (Å²) in [6.45, 7) is -2.08. The molecular formula is C12H14F2N4O2. The Morgan fingerprint density at radius 3 is 3.00 bits per heavy atom. The number of benzene rings is 1. The van der Waals surface area contributed by atoms with E-state index in [4.69, 9.17) is 5.11 Å². The first-order valence-electron chi connectivity index (χ1n) is 5.96. The molecule has 0 aliphatic heterocycles. The molecule has 20 heavy (non-hydrogen) atoms. The van der Waals surface area contributed by atoms with E-state index < -0.39 is 6.61 Å². The van der Waals surface area contributed by atoms with E-state index in [2.05, 4.69) is 20.4 Å². The molecule has 0 atom stereocenters. The van der Waals surface area contributed by atoms with E-state index in [-0.39, 0.29) is 12.4 Å². The minimum Gasteiger partial charge on any atom is -0.435 e. The molecule has 0 aliphatic rings. The van der Waals surface area contributed by atoms with Gasteiger partial charge in [-0.2, -0.15) is 8.78 Å². The number of hydrogen-bond donors (Lipinski definition) is 2. The number of aliphatic hydroxyl groups is 1. The van der Waals surface area contributed by atoms with Crippen LogP contribution in [-0.4, -0.2) is 33.3 Å². The lowest BCUT2D eigenvalue weighted by Crippen LogP contribution is -2.03. The standard InChI is InChI=1S/C12H14F2N4O2/c13-12(14)20-11-3-1-2-9(6-11)15-7-10-8-18(4-5-19)17-16-10/h1-3,6,8,12,15,19H,4-5,7H2. The first kappa shape index (κ1) is 14.2. The maximum absolute atomic E-state index is 12.1. The van der Waals surface area contributed by atoms with E-state index in [0.29, 0.717) is 24.5 Å². The summed E-state index contributed by atoms with van der Waals surface area (Å²) < 4.78 is 30.0. The molecule has 0 saturated heterocycles. The molecule has 0 saturated carbocycles. The van der Waals surface area contributed by atoms with Crippen LogP contribution in [0.3, 0.4) is 0 Å². The SMILES string of the molecule is OCCn1cc(CNc2cccc(OC(F)F)c2)nn1. The van der Waals surface area contributed by atoms with Gasteiger partial charge in [-0.05, 0) is 12.1 Å². The van der Waals surface area contributed by atoms with Gasteiger partial charge in [0.25, 0.3) is 0 Å². The summed E-state index contributed by atoms with van der Waals surface area (Å²) in [5.41, 5.74) is 1.32. The third kappa shape index (κ3) is 4.16. The van der Waals surface area contributed by atoms with E-state index in [0.717, 1.165) is 0 Å². The van der Waals surface area contributed by atoms with Crippen molar-refractivity contribution >= 4 is 5.69 Å². The van der Waals surface area contributed by atoms with Gasteiger partial charge in [-0.25, -0.2) is 4.68 Å². The number of hydrogen-bond acceptors (Lipinski definition) is 5. The Hall–Kier alpha value is -2.22. The van der Waals surface area contributed by atoms with Gasteiger partial charge in [0, 0.05) is 11.8 Å². The van der Waals surface area contributed by atoms with Crippen molar-refractivity contribution in [3.05, 3.63) is 36.2 Å². The van der Waals surface area contributed by atoms with E-state index in [1.807, 2.05) is 0 Å². The third-order valence-electron chi connectivity index (χ3n) is 2.45. The predicted molar refractivity (Wildman–Crippen MR) is 67.5 cm³/mol. The number of aromatic nitrogens is 3. The predicted octanol–water partition coefficient (Wildman–Crippen LogP) is 1.48. The highest BCUT2D eigenvalue weighted by Gasteiger charge is 2.05. The fourth-order valence-electron chi connectivity index (χ4n) is 1.61. The first-order chi connectivity index (χ1) is 9.67. The molecule has 0 amide bonds. The number of ether oxygens (including phenoxy) is 1. The van der Waals surface area contributed by atoms with Gasteiger partial charge < -0.3 is 15.2 Å². The summed E-state index contributed by atoms with van der Waals surface area (Å²) in [6, 6.07) is 6.28. The second-order valence-corrected chi connectivity index (χ2v) is 3.96. The molecule has 0 radical (unpaired) electrons. The molecule has 2 aromatic rings. The van der Waals surface area contributed by atoms with E-state index >= 15 is 0 Å². The largest absolute Gasteiger partial charge is 0.435 e. The summed E-state index contributed by atoms with van der Waals surface area (Å²) in [6.07, 6.45) is 1.70. The molecule has 0 fully saturated rings. The molecule has 8 heteroatoms. The normalized spacial score (nSPS) is 10.8. The van der Waals surface area contributed by atoms with Gasteiger partial charge in [-0.3, -0.25) is 0 Å². The zero-order chi connectivity index (χ0) is 14.4. The van der Waals surface area contributed by atoms with Crippen molar-refractivity contribution in [1.82, 2.24) is 15.0 Å². The highest BCUT2D eigenvalue weighted by atomic mass is 19.3. The van der Waals surface area contributed by atoms with Gasteiger partial charge in [-0.1, -0.05) is 11.3 Å². The fourth-order valence-corrected chi connectivity index (χ4v) is 1.61. The monoisotopic (exact) mass is 284 g/mol. The summed E-state index contributed by atoms with van der Waals surface area (Å²) in [4.78, 5) is 0. The minimum atomic E-state index is -2.84. The number of nitrogens with zero attached hydrogens (tertiary/aromatic N) is 3. The number of alkyl halides is 2. The average Bonchev–Trinajstić information content (AvgIpc) is 2.84. The first-order valence-corrected chi connectivity index (χ1v) is 5.96. The van der Waals surface area contributed by atoms with Gasteiger partial charge in [0.1, 0.15) is 11.4 Å². The maximum Gasteiger partial charge on any atom is 0.387 e. The van der Waals surface area contributed by atoms with E-state index in [1.54, 1.807) is 18.3 Å². The molecule has 0 aliphatic carbocycles. The summed E-state index contributed by atoms with van der Waals surface area (Å²) in [5.74, 6) is 0.0916. The number of halogens is 2. The molecule has 6 nitrogen and oxygen atoms in total. The Kier molecular flexibility index (Phi) is 4.83. The summed E-state index contributed by atoms with van der Waals surface area (Å²) in [5, 5.41) is 19.5. The molecule has 1 heterocycles. The van der Waals surface area contributed by atoms with Crippen molar-refractivity contribution in [2.45, 2.75) is 19.7 Å². The number of nitrogens with one attached hydrogen (secondary N) is 1. The molecule has 2 rings (SSSR count). The Balaban J connectivity index is 1.92. The molecule has 0 bridgehead atoms. The van der Waals surface area contributed by atoms with Gasteiger partial charge in [-0.15, -0.1) is 5.10 Å². The lowest BCUT2D eigenvalue weighted by molar-refractivity contribution is -0.0498. The van der Waals surface area contributed by atoms with E-state index in [9.17, 15) is 8.78 Å². The second-order valence-electron chi connectivity index (χ2n) is 3.96. The number of rotatable bonds is 7. The van der Waals surface area contributed by atoms with Crippen LogP contribution < -0.4 is 10.1 Å². The van der Waals surface area contributed by atoms with Crippen LogP contribution in [0.15, 0.2) is 30.5 Å². The Morgan fingerprint density at radius 2 is 2.25 bits per heavy atom. The van der Waals surface area contributed by atoms with Gasteiger partial charge in [0.15, 0.2) is 0 Å². The van der Waals surface area contributed by atoms with Crippen LogP contribution >= 0.6 is 0 Å². The van der Waals surface area contributed by atoms with Crippen molar-refractivity contribution in [3.8, 4) is 5.75 Å². The van der Waals surface area contributed by atoms with Crippen LogP contribution in [0.2, 0.25) is 0 Å². The van der Waals surface area contributed by atoms with Crippen molar-refractivity contribution in [3.63, 3.8) is 0 Å². The highest BCUT2D eigenvalue weighted by molar-refractivity contribution is 5.48. The van der Waals surface area contributed by atoms with Crippen LogP contribution in [0.25, 0.3) is 0 Å². The smallest absolute Gasteiger partial charge is 0.387 e. The van der Waals surface area contributed by atoms with Crippen molar-refractivity contribution in [2.75, 3.05) is 11.9 Å². The number of aliphatic hydroxyl groups excluding tert-OH is 1. The maximum atomic E-state index is 12.1. The lowest BCUT2D eigenvalue weighted by atomic mass is 10.3. The topological polar surface area (TPSA) is 72.2 Å². The van der Waals surface area contributed by atoms with Gasteiger partial charge in [0.2, 0.25) is 0 Å². The van der Waals surface area contributed by atoms with Gasteiger partial charge in [0.05, 0.1) is 25.9 Å². The second kappa shape index (κ2) is 6.80. The molecule has 1 aromatic heterocycles. The summed E-state index contributed by atoms with van der Waals surface area (Å²) >= 11 is 0. The van der Waals surface area contributed by atoms with E-state index in [1.165, 1.54) is 16.8 Å². The van der Waals surface area contributed by atoms with Crippen LogP contribution in [0.1, 0.15) is 5.69 Å². The Labute approximate surface area is 114 Å². The minimum absolute atomic E-state index is 0.0107. The van der Waals surface area contributed by atoms with Crippen LogP contribution in [0.4, 0.5) is 14.5 Å². The fraction of sp³-hybridized carbons (Fsp3) is 0.333. The third-order valence-corrected chi connectivity index (χ3v) is 2.45. The van der Waals surface area contributed by atoms with Crippen molar-refractivity contribution < 1.29 is 18.6 Å². The summed E-state index contributed by atoms with van der Waals surface area (Å²) in [7, 11) is 0. The molecule has 1 aromatic carbocycles. The van der Waals surface area contributed by atoms with Crippen LogP contribution in [0.5, 0.6) is 5.75 Å². The average molecular weight is 284 g/mol. The number of anilines is 1. The molecule has 0 unspecified atom stereocenters. The Morgan fingerprint density at radius 1 is 1.40 bits per heavy atom. The van der Waals surface area contributed by atoms with Crippen molar-refractivity contribution in [2.24, 2.45) is 0 Å². The zero-order valence-corrected chi connectivity index (χ0v) is 10.5. The molecular weight excluding hydrogens is 270 g/mol. The van der Waals surface area contributed by atoms with Crippen LogP contribution in [-0.2, 0) is 13.1 Å². The van der Waals surface area contributed by atoms with Crippen molar-refractivity contribution in [1.29, 1.82) is 0 Å². The highest BCUT2D eigenvalue weighted by Crippen LogP contribution is 2.19. The Bertz CT molecular complexity index is 548. The molecule has 0 spiro atoms.